The van der Waals surface area contributed by atoms with Crippen LogP contribution in [0.5, 0.6) is 23.0 Å². The summed E-state index contributed by atoms with van der Waals surface area (Å²) in [6.07, 6.45) is 0. The molecule has 1 N–H and O–H groups in total. The number of nitrogens with zero attached hydrogens (tertiary/aromatic N) is 2. The number of benzene rings is 3. The second-order valence-electron chi connectivity index (χ2n) is 6.89. The van der Waals surface area contributed by atoms with Crippen LogP contribution in [0.15, 0.2) is 83.4 Å². The molecule has 1 amide bonds. The Morgan fingerprint density at radius 1 is 0.839 bits per heavy atom. The van der Waals surface area contributed by atoms with E-state index in [1.54, 1.807) is 6.92 Å². The third kappa shape index (κ3) is 5.27. The highest BCUT2D eigenvalue weighted by molar-refractivity contribution is 5.73. The number of amides is 1. The number of rotatable bonds is 7. The topological polar surface area (TPSA) is 86.5 Å². The molecule has 1 heterocycles. The van der Waals surface area contributed by atoms with Crippen LogP contribution in [-0.4, -0.2) is 16.0 Å². The van der Waals surface area contributed by atoms with Gasteiger partial charge in [0.15, 0.2) is 0 Å². The van der Waals surface area contributed by atoms with Crippen LogP contribution in [0, 0.1) is 0 Å². The molecule has 0 spiro atoms. The number of nitrogens with one attached hydrogen (secondary N) is 1. The van der Waals surface area contributed by atoms with Crippen LogP contribution >= 0.6 is 0 Å². The smallest absolute Gasteiger partial charge is 0.249 e. The molecule has 4 aromatic rings. The third-order valence-corrected chi connectivity index (χ3v) is 4.38. The van der Waals surface area contributed by atoms with Crippen molar-refractivity contribution in [2.45, 2.75) is 19.9 Å². The number of hydrogen-bond donors (Lipinski definition) is 1. The zero-order valence-electron chi connectivity index (χ0n) is 17.1. The van der Waals surface area contributed by atoms with Gasteiger partial charge in [-0.25, -0.2) is 0 Å². The van der Waals surface area contributed by atoms with Crippen molar-refractivity contribution in [3.8, 4) is 34.4 Å². The molecule has 0 aliphatic heterocycles. The Hall–Kier alpha value is -4.13. The van der Waals surface area contributed by atoms with Gasteiger partial charge in [-0.05, 0) is 67.6 Å². The minimum atomic E-state index is -0.352. The summed E-state index contributed by atoms with van der Waals surface area (Å²) < 4.78 is 16.9. The molecule has 0 bridgehead atoms. The number of carbonyl (C=O) groups excluding carboxylic acids is 1. The number of ether oxygens (including phenoxy) is 2. The van der Waals surface area contributed by atoms with Crippen LogP contribution in [0.1, 0.15) is 25.8 Å². The van der Waals surface area contributed by atoms with Crippen LogP contribution in [0.4, 0.5) is 0 Å². The lowest BCUT2D eigenvalue weighted by Gasteiger charge is -2.08. The van der Waals surface area contributed by atoms with E-state index < -0.39 is 0 Å². The third-order valence-electron chi connectivity index (χ3n) is 4.38. The highest BCUT2D eigenvalue weighted by Gasteiger charge is 2.16. The molecule has 1 aromatic heterocycles. The lowest BCUT2D eigenvalue weighted by molar-refractivity contribution is -0.119. The van der Waals surface area contributed by atoms with Crippen LogP contribution in [0.3, 0.4) is 0 Å². The fraction of sp³-hybridized carbons (Fsp3) is 0.125. The van der Waals surface area contributed by atoms with Gasteiger partial charge in [-0.1, -0.05) is 23.4 Å². The summed E-state index contributed by atoms with van der Waals surface area (Å²) in [5.74, 6) is 3.52. The van der Waals surface area contributed by atoms with Gasteiger partial charge in [-0.3, -0.25) is 4.79 Å². The van der Waals surface area contributed by atoms with Gasteiger partial charge in [-0.15, -0.1) is 0 Å². The molecule has 1 unspecified atom stereocenters. The zero-order valence-corrected chi connectivity index (χ0v) is 17.1. The SMILES string of the molecule is CC(=O)NC(C)c1nc(-c2ccc(Oc3ccc(Oc4ccccc4)cc3)cc2)no1. The summed E-state index contributed by atoms with van der Waals surface area (Å²) in [6, 6.07) is 24.0. The van der Waals surface area contributed by atoms with Crippen LogP contribution < -0.4 is 14.8 Å². The molecule has 0 aliphatic rings. The lowest BCUT2D eigenvalue weighted by atomic mass is 10.2. The molecule has 0 saturated carbocycles. The highest BCUT2D eigenvalue weighted by atomic mass is 16.5. The maximum Gasteiger partial charge on any atom is 0.249 e. The molecule has 3 aromatic carbocycles. The first-order valence-electron chi connectivity index (χ1n) is 9.79. The van der Waals surface area contributed by atoms with E-state index in [0.717, 1.165) is 17.1 Å². The highest BCUT2D eigenvalue weighted by Crippen LogP contribution is 2.28. The number of para-hydroxylation sites is 1. The molecule has 0 radical (unpaired) electrons. The van der Waals surface area contributed by atoms with Gasteiger partial charge in [0.05, 0.1) is 0 Å². The summed E-state index contributed by atoms with van der Waals surface area (Å²) in [5.41, 5.74) is 0.781. The summed E-state index contributed by atoms with van der Waals surface area (Å²) in [6.45, 7) is 3.22. The van der Waals surface area contributed by atoms with Crippen LogP contribution in [0.2, 0.25) is 0 Å². The molecule has 0 aliphatic carbocycles. The van der Waals surface area contributed by atoms with Crippen LogP contribution in [0.25, 0.3) is 11.4 Å². The molecule has 0 fully saturated rings. The fourth-order valence-electron chi connectivity index (χ4n) is 2.90. The predicted octanol–water partition coefficient (Wildman–Crippen LogP) is 5.52. The van der Waals surface area contributed by atoms with E-state index in [1.165, 1.54) is 6.92 Å². The van der Waals surface area contributed by atoms with Crippen molar-refractivity contribution < 1.29 is 18.8 Å². The molecular weight excluding hydrogens is 394 g/mol. The second-order valence-corrected chi connectivity index (χ2v) is 6.89. The van der Waals surface area contributed by atoms with Crippen molar-refractivity contribution in [3.05, 3.63) is 84.8 Å². The standard InChI is InChI=1S/C24H21N3O4/c1-16(25-17(2)28)24-26-23(27-31-24)18-8-10-20(11-9-18)30-22-14-12-21(13-15-22)29-19-6-4-3-5-7-19/h3-16H,1-2H3,(H,25,28). The Morgan fingerprint density at radius 3 is 1.90 bits per heavy atom. The van der Waals surface area contributed by atoms with Gasteiger partial charge in [0.2, 0.25) is 17.6 Å². The van der Waals surface area contributed by atoms with E-state index in [-0.39, 0.29) is 11.9 Å². The molecule has 7 nitrogen and oxygen atoms in total. The zero-order chi connectivity index (χ0) is 21.6. The largest absolute Gasteiger partial charge is 0.457 e. The van der Waals surface area contributed by atoms with E-state index in [0.29, 0.717) is 23.2 Å². The first-order valence-corrected chi connectivity index (χ1v) is 9.79. The molecule has 156 valence electrons. The monoisotopic (exact) mass is 415 g/mol. The molecule has 1 atom stereocenters. The Labute approximate surface area is 179 Å². The first-order chi connectivity index (χ1) is 15.1. The van der Waals surface area contributed by atoms with Crippen molar-refractivity contribution in [1.82, 2.24) is 15.5 Å². The number of aromatic nitrogens is 2. The molecular formula is C24H21N3O4. The minimum Gasteiger partial charge on any atom is -0.457 e. The van der Waals surface area contributed by atoms with Gasteiger partial charge in [-0.2, -0.15) is 4.98 Å². The van der Waals surface area contributed by atoms with Crippen molar-refractivity contribution >= 4 is 5.91 Å². The molecule has 7 heteroatoms. The molecule has 31 heavy (non-hydrogen) atoms. The van der Waals surface area contributed by atoms with Crippen molar-refractivity contribution in [3.63, 3.8) is 0 Å². The van der Waals surface area contributed by atoms with E-state index >= 15 is 0 Å². The Morgan fingerprint density at radius 2 is 1.35 bits per heavy atom. The Bertz CT molecular complexity index is 1140. The van der Waals surface area contributed by atoms with Crippen molar-refractivity contribution in [2.24, 2.45) is 0 Å². The van der Waals surface area contributed by atoms with E-state index in [1.807, 2.05) is 78.9 Å². The summed E-state index contributed by atoms with van der Waals surface area (Å²) in [7, 11) is 0. The first kappa shape index (κ1) is 20.2. The maximum absolute atomic E-state index is 11.2. The number of carbonyl (C=O) groups is 1. The van der Waals surface area contributed by atoms with Gasteiger partial charge in [0.25, 0.3) is 0 Å². The van der Waals surface area contributed by atoms with Crippen molar-refractivity contribution in [2.75, 3.05) is 0 Å². The van der Waals surface area contributed by atoms with E-state index in [9.17, 15) is 4.79 Å². The van der Waals surface area contributed by atoms with E-state index in [4.69, 9.17) is 14.0 Å². The van der Waals surface area contributed by atoms with Crippen molar-refractivity contribution in [1.29, 1.82) is 0 Å². The summed E-state index contributed by atoms with van der Waals surface area (Å²) in [4.78, 5) is 15.5. The van der Waals surface area contributed by atoms with E-state index in [2.05, 4.69) is 15.5 Å². The summed E-state index contributed by atoms with van der Waals surface area (Å²) in [5, 5.41) is 6.69. The Kier molecular flexibility index (Phi) is 5.93. The Balaban J connectivity index is 1.38. The maximum atomic E-state index is 11.2. The van der Waals surface area contributed by atoms with Crippen LogP contribution in [-0.2, 0) is 4.79 Å². The minimum absolute atomic E-state index is 0.159. The van der Waals surface area contributed by atoms with Gasteiger partial charge in [0.1, 0.15) is 29.0 Å². The quantitative estimate of drug-likeness (QED) is 0.428. The molecule has 0 saturated heterocycles. The fourth-order valence-corrected chi connectivity index (χ4v) is 2.90. The average Bonchev–Trinajstić information content (AvgIpc) is 3.27. The lowest BCUT2D eigenvalue weighted by Crippen LogP contribution is -2.23. The molecule has 4 rings (SSSR count). The van der Waals surface area contributed by atoms with Gasteiger partial charge < -0.3 is 19.3 Å². The van der Waals surface area contributed by atoms with Gasteiger partial charge >= 0.3 is 0 Å². The predicted molar refractivity (Wildman–Crippen MR) is 115 cm³/mol. The summed E-state index contributed by atoms with van der Waals surface area (Å²) >= 11 is 0. The normalized spacial score (nSPS) is 11.5. The number of hydrogen-bond acceptors (Lipinski definition) is 6. The van der Waals surface area contributed by atoms with Gasteiger partial charge in [0, 0.05) is 12.5 Å². The second kappa shape index (κ2) is 9.13. The average molecular weight is 415 g/mol.